The van der Waals surface area contributed by atoms with Crippen LogP contribution < -0.4 is 11.3 Å². The molecule has 2 unspecified atom stereocenters. The molecule has 0 radical (unpaired) electrons. The van der Waals surface area contributed by atoms with E-state index < -0.39 is 0 Å². The number of rotatable bonds is 7. The highest BCUT2D eigenvalue weighted by molar-refractivity contribution is 5.27. The zero-order chi connectivity index (χ0) is 13.5. The summed E-state index contributed by atoms with van der Waals surface area (Å²) in [6, 6.07) is 4.26. The van der Waals surface area contributed by atoms with Gasteiger partial charge in [0.1, 0.15) is 0 Å². The predicted octanol–water partition coefficient (Wildman–Crippen LogP) is 0.996. The molecule has 5 nitrogen and oxygen atoms in total. The van der Waals surface area contributed by atoms with Crippen molar-refractivity contribution in [1.29, 1.82) is 0 Å². The number of hydrazine groups is 1. The topological polar surface area (TPSA) is 69.4 Å². The van der Waals surface area contributed by atoms with Crippen LogP contribution in [0.5, 0.6) is 0 Å². The van der Waals surface area contributed by atoms with Gasteiger partial charge in [0.2, 0.25) is 0 Å². The molecule has 5 heteroatoms. The van der Waals surface area contributed by atoms with Gasteiger partial charge in [-0.2, -0.15) is 0 Å². The van der Waals surface area contributed by atoms with E-state index in [-0.39, 0.29) is 6.04 Å². The van der Waals surface area contributed by atoms with E-state index >= 15 is 0 Å². The van der Waals surface area contributed by atoms with Crippen LogP contribution in [0.25, 0.3) is 0 Å². The fraction of sp³-hybridized carbons (Fsp3) is 0.643. The summed E-state index contributed by atoms with van der Waals surface area (Å²) in [4.78, 5) is 4.54. The molecule has 0 saturated carbocycles. The highest BCUT2D eigenvalue weighted by atomic mass is 16.5. The standard InChI is InChI=1S/C14H23N3O2/c1-18-8-9-19-10-13(17-15)12-6-2-4-11-5-3-7-16-14(11)12/h3,5,7,12-13,17H,2,4,6,8-10,15H2,1H3. The van der Waals surface area contributed by atoms with Gasteiger partial charge in [-0.1, -0.05) is 6.07 Å². The number of fused-ring (bicyclic) bond motifs is 1. The molecule has 0 amide bonds. The van der Waals surface area contributed by atoms with Crippen LogP contribution in [-0.2, 0) is 15.9 Å². The van der Waals surface area contributed by atoms with Gasteiger partial charge in [-0.25, -0.2) is 0 Å². The summed E-state index contributed by atoms with van der Waals surface area (Å²) in [7, 11) is 1.67. The zero-order valence-electron chi connectivity index (χ0n) is 11.5. The summed E-state index contributed by atoms with van der Waals surface area (Å²) < 4.78 is 10.6. The second kappa shape index (κ2) is 7.55. The highest BCUT2D eigenvalue weighted by Crippen LogP contribution is 2.32. The Balaban J connectivity index is 1.99. The predicted molar refractivity (Wildman–Crippen MR) is 73.7 cm³/mol. The second-order valence-electron chi connectivity index (χ2n) is 4.89. The Morgan fingerprint density at radius 1 is 1.53 bits per heavy atom. The van der Waals surface area contributed by atoms with E-state index in [4.69, 9.17) is 15.3 Å². The first-order valence-corrected chi connectivity index (χ1v) is 6.83. The molecule has 1 aliphatic carbocycles. The first-order valence-electron chi connectivity index (χ1n) is 6.83. The van der Waals surface area contributed by atoms with Crippen molar-refractivity contribution < 1.29 is 9.47 Å². The van der Waals surface area contributed by atoms with Gasteiger partial charge in [-0.15, -0.1) is 0 Å². The summed E-state index contributed by atoms with van der Waals surface area (Å²) in [5, 5.41) is 0. The van der Waals surface area contributed by atoms with Crippen molar-refractivity contribution in [3.63, 3.8) is 0 Å². The molecule has 106 valence electrons. The summed E-state index contributed by atoms with van der Waals surface area (Å²) in [6.45, 7) is 1.79. The van der Waals surface area contributed by atoms with Gasteiger partial charge in [-0.05, 0) is 30.9 Å². The Kier molecular flexibility index (Phi) is 5.72. The third-order valence-electron chi connectivity index (χ3n) is 3.67. The maximum absolute atomic E-state index is 5.69. The maximum Gasteiger partial charge on any atom is 0.0701 e. The van der Waals surface area contributed by atoms with Crippen molar-refractivity contribution >= 4 is 0 Å². The Hall–Kier alpha value is -1.01. The summed E-state index contributed by atoms with van der Waals surface area (Å²) >= 11 is 0. The van der Waals surface area contributed by atoms with Crippen molar-refractivity contribution in [3.05, 3.63) is 29.6 Å². The first-order chi connectivity index (χ1) is 9.36. The van der Waals surface area contributed by atoms with Crippen LogP contribution in [-0.4, -0.2) is 38.0 Å². The number of aryl methyl sites for hydroxylation is 1. The lowest BCUT2D eigenvalue weighted by Gasteiger charge is -2.30. The number of aromatic nitrogens is 1. The molecule has 0 spiro atoms. The average Bonchev–Trinajstić information content (AvgIpc) is 2.47. The highest BCUT2D eigenvalue weighted by Gasteiger charge is 2.28. The molecule has 1 aromatic rings. The van der Waals surface area contributed by atoms with E-state index in [0.29, 0.717) is 25.7 Å². The maximum atomic E-state index is 5.69. The van der Waals surface area contributed by atoms with Crippen LogP contribution >= 0.6 is 0 Å². The number of pyridine rings is 1. The van der Waals surface area contributed by atoms with Crippen molar-refractivity contribution in [3.8, 4) is 0 Å². The number of nitrogens with one attached hydrogen (secondary N) is 1. The molecular weight excluding hydrogens is 242 g/mol. The van der Waals surface area contributed by atoms with E-state index in [1.807, 2.05) is 12.3 Å². The minimum atomic E-state index is 0.103. The molecule has 1 aromatic heterocycles. The van der Waals surface area contributed by atoms with Crippen molar-refractivity contribution in [2.75, 3.05) is 26.9 Å². The van der Waals surface area contributed by atoms with E-state index in [1.165, 1.54) is 17.7 Å². The van der Waals surface area contributed by atoms with Crippen molar-refractivity contribution in [1.82, 2.24) is 10.4 Å². The van der Waals surface area contributed by atoms with E-state index in [9.17, 15) is 0 Å². The lowest BCUT2D eigenvalue weighted by atomic mass is 9.82. The van der Waals surface area contributed by atoms with Crippen molar-refractivity contribution in [2.45, 2.75) is 31.2 Å². The molecule has 0 fully saturated rings. The largest absolute Gasteiger partial charge is 0.382 e. The number of nitrogens with two attached hydrogens (primary N) is 1. The average molecular weight is 265 g/mol. The van der Waals surface area contributed by atoms with E-state index in [1.54, 1.807) is 7.11 Å². The third kappa shape index (κ3) is 3.73. The van der Waals surface area contributed by atoms with Gasteiger partial charge in [0.15, 0.2) is 0 Å². The minimum Gasteiger partial charge on any atom is -0.382 e. The molecule has 19 heavy (non-hydrogen) atoms. The van der Waals surface area contributed by atoms with Crippen LogP contribution in [0.2, 0.25) is 0 Å². The van der Waals surface area contributed by atoms with Gasteiger partial charge in [0.25, 0.3) is 0 Å². The molecule has 0 aliphatic heterocycles. The number of methoxy groups -OCH3 is 1. The molecule has 0 aromatic carbocycles. The van der Waals surface area contributed by atoms with Crippen LogP contribution in [0.4, 0.5) is 0 Å². The fourth-order valence-corrected chi connectivity index (χ4v) is 2.67. The normalized spacial score (nSPS) is 20.0. The number of ether oxygens (including phenoxy) is 2. The lowest BCUT2D eigenvalue weighted by molar-refractivity contribution is 0.0532. The van der Waals surface area contributed by atoms with Crippen LogP contribution in [0, 0.1) is 0 Å². The van der Waals surface area contributed by atoms with Gasteiger partial charge < -0.3 is 9.47 Å². The van der Waals surface area contributed by atoms with Crippen LogP contribution in [0.15, 0.2) is 18.3 Å². The molecular formula is C14H23N3O2. The second-order valence-corrected chi connectivity index (χ2v) is 4.89. The molecule has 0 bridgehead atoms. The SMILES string of the molecule is COCCOCC(NN)C1CCCc2cccnc21. The van der Waals surface area contributed by atoms with Gasteiger partial charge in [-0.3, -0.25) is 16.3 Å². The van der Waals surface area contributed by atoms with Crippen LogP contribution in [0.1, 0.15) is 30.0 Å². The Labute approximate surface area is 114 Å². The molecule has 1 heterocycles. The minimum absolute atomic E-state index is 0.103. The Bertz CT molecular complexity index is 387. The zero-order valence-corrected chi connectivity index (χ0v) is 11.5. The first kappa shape index (κ1) is 14.4. The van der Waals surface area contributed by atoms with E-state index in [0.717, 1.165) is 12.8 Å². The molecule has 2 rings (SSSR count). The molecule has 0 saturated heterocycles. The fourth-order valence-electron chi connectivity index (χ4n) is 2.67. The smallest absolute Gasteiger partial charge is 0.0701 e. The van der Waals surface area contributed by atoms with E-state index in [2.05, 4.69) is 16.5 Å². The van der Waals surface area contributed by atoms with Crippen LogP contribution in [0.3, 0.4) is 0 Å². The number of hydrogen-bond donors (Lipinski definition) is 2. The number of hydrogen-bond acceptors (Lipinski definition) is 5. The third-order valence-corrected chi connectivity index (χ3v) is 3.67. The number of nitrogens with zero attached hydrogens (tertiary/aromatic N) is 1. The summed E-state index contributed by atoms with van der Waals surface area (Å²) in [5.41, 5.74) is 5.40. The molecule has 3 N–H and O–H groups in total. The Morgan fingerprint density at radius 3 is 3.21 bits per heavy atom. The van der Waals surface area contributed by atoms with Gasteiger partial charge >= 0.3 is 0 Å². The lowest BCUT2D eigenvalue weighted by Crippen LogP contribution is -2.44. The monoisotopic (exact) mass is 265 g/mol. The Morgan fingerprint density at radius 2 is 2.42 bits per heavy atom. The van der Waals surface area contributed by atoms with Gasteiger partial charge in [0.05, 0.1) is 25.9 Å². The summed E-state index contributed by atoms with van der Waals surface area (Å²) in [5.74, 6) is 6.02. The molecule has 1 aliphatic rings. The molecule has 2 atom stereocenters. The van der Waals surface area contributed by atoms with Crippen molar-refractivity contribution in [2.24, 2.45) is 5.84 Å². The quantitative estimate of drug-likeness (QED) is 0.437. The summed E-state index contributed by atoms with van der Waals surface area (Å²) in [6.07, 6.45) is 5.25. The van der Waals surface area contributed by atoms with Gasteiger partial charge in [0, 0.05) is 24.9 Å².